The predicted octanol–water partition coefficient (Wildman–Crippen LogP) is 4.08. The number of carbonyl (C=O) groups excluding carboxylic acids is 1. The van der Waals surface area contributed by atoms with Crippen LogP contribution in [0.15, 0.2) is 36.5 Å². The zero-order valence-electron chi connectivity index (χ0n) is 11.4. The number of rotatable bonds is 4. The summed E-state index contributed by atoms with van der Waals surface area (Å²) in [5, 5.41) is 1.16. The van der Waals surface area contributed by atoms with Crippen LogP contribution in [0.2, 0.25) is 10.0 Å². The number of nitrogens with one attached hydrogen (secondary N) is 1. The molecule has 0 saturated heterocycles. The van der Waals surface area contributed by atoms with Gasteiger partial charge in [-0.3, -0.25) is 4.79 Å². The van der Waals surface area contributed by atoms with Crippen molar-refractivity contribution in [3.63, 3.8) is 0 Å². The van der Waals surface area contributed by atoms with Gasteiger partial charge in [0, 0.05) is 29.0 Å². The zero-order chi connectivity index (χ0) is 14.7. The average molecular weight is 311 g/mol. The molecule has 0 saturated carbocycles. The summed E-state index contributed by atoms with van der Waals surface area (Å²) in [5.41, 5.74) is 1.79. The fourth-order valence-corrected chi connectivity index (χ4v) is 2.60. The van der Waals surface area contributed by atoms with Crippen molar-refractivity contribution >= 4 is 29.1 Å². The minimum atomic E-state index is -0.109. The lowest BCUT2D eigenvalue weighted by Crippen LogP contribution is -2.31. The number of carbonyl (C=O) groups is 1. The van der Waals surface area contributed by atoms with E-state index >= 15 is 0 Å². The summed E-state index contributed by atoms with van der Waals surface area (Å²) in [6, 6.07) is 8.99. The molecule has 20 heavy (non-hydrogen) atoms. The van der Waals surface area contributed by atoms with Crippen LogP contribution in [0.3, 0.4) is 0 Å². The monoisotopic (exact) mass is 310 g/mol. The molecule has 0 aliphatic carbocycles. The second-order valence-electron chi connectivity index (χ2n) is 4.72. The molecule has 0 bridgehead atoms. The minimum Gasteiger partial charge on any atom is -0.365 e. The largest absolute Gasteiger partial charge is 0.365 e. The van der Waals surface area contributed by atoms with Crippen molar-refractivity contribution in [2.75, 3.05) is 7.05 Å². The smallest absolute Gasteiger partial charge is 0.228 e. The van der Waals surface area contributed by atoms with E-state index in [1.807, 2.05) is 31.3 Å². The second-order valence-corrected chi connectivity index (χ2v) is 5.56. The highest BCUT2D eigenvalue weighted by Crippen LogP contribution is 2.29. The standard InChI is InChI=1S/C15H16Cl2N2O/c1-10(13-6-5-11(16)8-14(13)17)19(2)15(20)9-12-4-3-7-18-12/h3-8,10,18H,9H2,1-2H3. The number of aromatic amines is 1. The Morgan fingerprint density at radius 3 is 2.70 bits per heavy atom. The van der Waals surface area contributed by atoms with Gasteiger partial charge in [-0.15, -0.1) is 0 Å². The molecule has 1 aromatic heterocycles. The molecule has 106 valence electrons. The fourth-order valence-electron chi connectivity index (χ4n) is 2.03. The maximum absolute atomic E-state index is 12.2. The van der Waals surface area contributed by atoms with Crippen molar-refractivity contribution < 1.29 is 4.79 Å². The Bertz CT molecular complexity index is 596. The van der Waals surface area contributed by atoms with Crippen molar-refractivity contribution in [3.8, 4) is 0 Å². The summed E-state index contributed by atoms with van der Waals surface area (Å²) in [6.45, 7) is 1.95. The van der Waals surface area contributed by atoms with E-state index in [9.17, 15) is 4.79 Å². The molecule has 5 heteroatoms. The van der Waals surface area contributed by atoms with Crippen LogP contribution < -0.4 is 0 Å². The quantitative estimate of drug-likeness (QED) is 0.907. The summed E-state index contributed by atoms with van der Waals surface area (Å²) in [5.74, 6) is 0.0333. The van der Waals surface area contributed by atoms with Gasteiger partial charge in [-0.25, -0.2) is 0 Å². The van der Waals surface area contributed by atoms with Crippen LogP contribution >= 0.6 is 23.2 Å². The zero-order valence-corrected chi connectivity index (χ0v) is 12.9. The first-order chi connectivity index (χ1) is 9.49. The topological polar surface area (TPSA) is 36.1 Å². The molecule has 0 fully saturated rings. The first-order valence-electron chi connectivity index (χ1n) is 6.32. The molecule has 2 aromatic rings. The van der Waals surface area contributed by atoms with Crippen LogP contribution in [0.25, 0.3) is 0 Å². The molecule has 1 heterocycles. The van der Waals surface area contributed by atoms with Gasteiger partial charge in [-0.1, -0.05) is 29.3 Å². The highest BCUT2D eigenvalue weighted by molar-refractivity contribution is 6.35. The SMILES string of the molecule is CC(c1ccc(Cl)cc1Cl)N(C)C(=O)Cc1ccc[nH]1. The van der Waals surface area contributed by atoms with E-state index in [0.717, 1.165) is 11.3 Å². The van der Waals surface area contributed by atoms with Crippen LogP contribution in [0.4, 0.5) is 0 Å². The number of aromatic nitrogens is 1. The maximum Gasteiger partial charge on any atom is 0.228 e. The van der Waals surface area contributed by atoms with Gasteiger partial charge in [0.25, 0.3) is 0 Å². The Hall–Kier alpha value is -1.45. The lowest BCUT2D eigenvalue weighted by atomic mass is 10.1. The van der Waals surface area contributed by atoms with E-state index in [4.69, 9.17) is 23.2 Å². The molecule has 0 aliphatic heterocycles. The Morgan fingerprint density at radius 2 is 2.10 bits per heavy atom. The van der Waals surface area contributed by atoms with Gasteiger partial charge >= 0.3 is 0 Å². The molecular weight excluding hydrogens is 295 g/mol. The third-order valence-corrected chi connectivity index (χ3v) is 3.95. The van der Waals surface area contributed by atoms with E-state index in [2.05, 4.69) is 4.98 Å². The van der Waals surface area contributed by atoms with Crippen LogP contribution in [-0.4, -0.2) is 22.8 Å². The second kappa shape index (κ2) is 6.33. The Kier molecular flexibility index (Phi) is 4.73. The molecule has 1 amide bonds. The predicted molar refractivity (Wildman–Crippen MR) is 82.1 cm³/mol. The summed E-state index contributed by atoms with van der Waals surface area (Å²) in [4.78, 5) is 17.0. The molecule has 1 atom stereocenters. The summed E-state index contributed by atoms with van der Waals surface area (Å²) >= 11 is 12.1. The van der Waals surface area contributed by atoms with Gasteiger partial charge in [-0.2, -0.15) is 0 Å². The fraction of sp³-hybridized carbons (Fsp3) is 0.267. The van der Waals surface area contributed by atoms with Crippen LogP contribution in [0, 0.1) is 0 Å². The molecule has 2 rings (SSSR count). The van der Waals surface area contributed by atoms with Crippen LogP contribution in [0.5, 0.6) is 0 Å². The molecule has 0 spiro atoms. The third kappa shape index (κ3) is 3.35. The first kappa shape index (κ1) is 14.9. The molecule has 1 aromatic carbocycles. The lowest BCUT2D eigenvalue weighted by molar-refractivity contribution is -0.131. The molecule has 1 unspecified atom stereocenters. The number of hydrogen-bond donors (Lipinski definition) is 1. The Labute approximate surface area is 128 Å². The van der Waals surface area contributed by atoms with Crippen LogP contribution in [0.1, 0.15) is 24.2 Å². The van der Waals surface area contributed by atoms with Crippen molar-refractivity contribution in [1.82, 2.24) is 9.88 Å². The van der Waals surface area contributed by atoms with Crippen molar-refractivity contribution in [3.05, 3.63) is 57.8 Å². The van der Waals surface area contributed by atoms with Gasteiger partial charge in [-0.05, 0) is 36.8 Å². The van der Waals surface area contributed by atoms with Crippen molar-refractivity contribution in [2.24, 2.45) is 0 Å². The number of likely N-dealkylation sites (N-methyl/N-ethyl adjacent to an activating group) is 1. The maximum atomic E-state index is 12.2. The lowest BCUT2D eigenvalue weighted by Gasteiger charge is -2.26. The van der Waals surface area contributed by atoms with E-state index in [1.54, 1.807) is 24.1 Å². The number of H-pyrrole nitrogens is 1. The third-order valence-electron chi connectivity index (χ3n) is 3.39. The summed E-state index contributed by atoms with van der Waals surface area (Å²) in [7, 11) is 1.78. The highest BCUT2D eigenvalue weighted by atomic mass is 35.5. The molecule has 3 nitrogen and oxygen atoms in total. The van der Waals surface area contributed by atoms with E-state index in [-0.39, 0.29) is 11.9 Å². The number of nitrogens with zero attached hydrogens (tertiary/aromatic N) is 1. The van der Waals surface area contributed by atoms with Crippen molar-refractivity contribution in [2.45, 2.75) is 19.4 Å². The average Bonchev–Trinajstić information content (AvgIpc) is 2.90. The Morgan fingerprint density at radius 1 is 1.35 bits per heavy atom. The number of amides is 1. The minimum absolute atomic E-state index is 0.0333. The number of benzene rings is 1. The first-order valence-corrected chi connectivity index (χ1v) is 7.07. The number of halogens is 2. The summed E-state index contributed by atoms with van der Waals surface area (Å²) < 4.78 is 0. The van der Waals surface area contributed by atoms with E-state index in [0.29, 0.717) is 16.5 Å². The van der Waals surface area contributed by atoms with Gasteiger partial charge in [0.2, 0.25) is 5.91 Å². The Balaban J connectivity index is 2.11. The molecule has 0 radical (unpaired) electrons. The summed E-state index contributed by atoms with van der Waals surface area (Å²) in [6.07, 6.45) is 2.15. The van der Waals surface area contributed by atoms with Crippen LogP contribution in [-0.2, 0) is 11.2 Å². The normalized spacial score (nSPS) is 12.2. The molecular formula is C15H16Cl2N2O. The van der Waals surface area contributed by atoms with Gasteiger partial charge in [0.15, 0.2) is 0 Å². The van der Waals surface area contributed by atoms with Gasteiger partial charge < -0.3 is 9.88 Å². The van der Waals surface area contributed by atoms with Gasteiger partial charge in [0.1, 0.15) is 0 Å². The molecule has 0 aliphatic rings. The molecule has 1 N–H and O–H groups in total. The van der Waals surface area contributed by atoms with Crippen molar-refractivity contribution in [1.29, 1.82) is 0 Å². The highest BCUT2D eigenvalue weighted by Gasteiger charge is 2.20. The van der Waals surface area contributed by atoms with E-state index in [1.165, 1.54) is 0 Å². The number of hydrogen-bond acceptors (Lipinski definition) is 1. The van der Waals surface area contributed by atoms with Gasteiger partial charge in [0.05, 0.1) is 12.5 Å². The van der Waals surface area contributed by atoms with E-state index < -0.39 is 0 Å².